The van der Waals surface area contributed by atoms with Gasteiger partial charge in [0.15, 0.2) is 12.2 Å². The molecule has 1 aromatic carbocycles. The van der Waals surface area contributed by atoms with Crippen molar-refractivity contribution >= 4 is 17.6 Å². The number of benzene rings is 1. The molecular weight excluding hydrogens is 306 g/mol. The molecule has 0 aromatic heterocycles. The van der Waals surface area contributed by atoms with Crippen molar-refractivity contribution in [1.29, 1.82) is 0 Å². The fourth-order valence-electron chi connectivity index (χ4n) is 2.15. The minimum atomic E-state index is -0.878. The maximum absolute atomic E-state index is 12.5. The highest BCUT2D eigenvalue weighted by Gasteiger charge is 2.29. The van der Waals surface area contributed by atoms with E-state index in [1.54, 1.807) is 13.0 Å². The first-order valence-electron chi connectivity index (χ1n) is 8.22. The molecule has 2 atom stereocenters. The van der Waals surface area contributed by atoms with Crippen LogP contribution in [0.4, 0.5) is 5.69 Å². The van der Waals surface area contributed by atoms with Gasteiger partial charge in [-0.2, -0.15) is 0 Å². The molecule has 1 N–H and O–H groups in total. The smallest absolute Gasteiger partial charge is 0.335 e. The summed E-state index contributed by atoms with van der Waals surface area (Å²) in [5.41, 5.74) is 1.77. The lowest BCUT2D eigenvalue weighted by atomic mass is 10.1. The molecule has 0 aliphatic heterocycles. The molecular formula is C19H27NO4. The van der Waals surface area contributed by atoms with Crippen molar-refractivity contribution in [2.45, 2.75) is 46.3 Å². The molecule has 0 aliphatic rings. The van der Waals surface area contributed by atoms with Crippen LogP contribution in [-0.2, 0) is 25.5 Å². The van der Waals surface area contributed by atoms with Crippen molar-refractivity contribution < 1.29 is 19.1 Å². The zero-order valence-electron chi connectivity index (χ0n) is 14.9. The lowest BCUT2D eigenvalue weighted by Gasteiger charge is -2.23. The van der Waals surface area contributed by atoms with E-state index in [1.807, 2.05) is 45.0 Å². The summed E-state index contributed by atoms with van der Waals surface area (Å²) < 4.78 is 10.6. The highest BCUT2D eigenvalue weighted by Crippen LogP contribution is 2.18. The minimum absolute atomic E-state index is 0.158. The minimum Gasteiger partial charge on any atom is -0.450 e. The molecule has 0 saturated heterocycles. The zero-order chi connectivity index (χ0) is 18.1. The van der Waals surface area contributed by atoms with Gasteiger partial charge in [0.2, 0.25) is 0 Å². The average molecular weight is 333 g/mol. The molecule has 24 heavy (non-hydrogen) atoms. The Bertz CT molecular complexity index is 568. The van der Waals surface area contributed by atoms with Gasteiger partial charge in [0.05, 0.1) is 6.61 Å². The van der Waals surface area contributed by atoms with Gasteiger partial charge in [0, 0.05) is 5.69 Å². The third kappa shape index (κ3) is 5.81. The number of hydrogen-bond acceptors (Lipinski definition) is 4. The SMILES string of the molecule is C=CCOC(C)C(=O)OC(C(=O)Nc1ccccc1CC)C(C)C. The molecule has 1 aromatic rings. The van der Waals surface area contributed by atoms with Crippen molar-refractivity contribution in [2.75, 3.05) is 11.9 Å². The van der Waals surface area contributed by atoms with Gasteiger partial charge in [0.25, 0.3) is 5.91 Å². The highest BCUT2D eigenvalue weighted by molar-refractivity contribution is 5.96. The summed E-state index contributed by atoms with van der Waals surface area (Å²) in [5.74, 6) is -1.06. The Kier molecular flexibility index (Phi) is 8.19. The number of anilines is 1. The van der Waals surface area contributed by atoms with Gasteiger partial charge in [-0.05, 0) is 30.9 Å². The van der Waals surface area contributed by atoms with Crippen LogP contribution in [0, 0.1) is 5.92 Å². The van der Waals surface area contributed by atoms with E-state index < -0.39 is 18.2 Å². The number of ether oxygens (including phenoxy) is 2. The van der Waals surface area contributed by atoms with Crippen LogP contribution in [0.25, 0.3) is 0 Å². The van der Waals surface area contributed by atoms with E-state index in [1.165, 1.54) is 0 Å². The molecule has 0 aliphatic carbocycles. The molecule has 0 radical (unpaired) electrons. The van der Waals surface area contributed by atoms with Crippen LogP contribution >= 0.6 is 0 Å². The van der Waals surface area contributed by atoms with Crippen molar-refractivity contribution in [3.8, 4) is 0 Å². The normalized spacial score (nSPS) is 13.2. The Balaban J connectivity index is 2.78. The average Bonchev–Trinajstić information content (AvgIpc) is 2.57. The summed E-state index contributed by atoms with van der Waals surface area (Å²) in [6.07, 6.45) is 0.727. The number of carbonyl (C=O) groups excluding carboxylic acids is 2. The third-order valence-electron chi connectivity index (χ3n) is 3.56. The zero-order valence-corrected chi connectivity index (χ0v) is 14.9. The van der Waals surface area contributed by atoms with Gasteiger partial charge < -0.3 is 14.8 Å². The van der Waals surface area contributed by atoms with Gasteiger partial charge in [-0.25, -0.2) is 4.79 Å². The number of aryl methyl sites for hydroxylation is 1. The molecule has 0 heterocycles. The summed E-state index contributed by atoms with van der Waals surface area (Å²) in [6.45, 7) is 11.1. The number of esters is 1. The molecule has 0 fully saturated rings. The van der Waals surface area contributed by atoms with Crippen LogP contribution in [0.1, 0.15) is 33.3 Å². The number of para-hydroxylation sites is 1. The lowest BCUT2D eigenvalue weighted by Crippen LogP contribution is -2.39. The van der Waals surface area contributed by atoms with E-state index in [4.69, 9.17) is 9.47 Å². The largest absolute Gasteiger partial charge is 0.450 e. The number of amides is 1. The molecule has 2 unspecified atom stereocenters. The molecule has 1 amide bonds. The summed E-state index contributed by atoms with van der Waals surface area (Å²) in [6, 6.07) is 7.58. The summed E-state index contributed by atoms with van der Waals surface area (Å²) in [4.78, 5) is 24.6. The van der Waals surface area contributed by atoms with Gasteiger partial charge in [-0.15, -0.1) is 6.58 Å². The van der Waals surface area contributed by atoms with Gasteiger partial charge in [-0.1, -0.05) is 45.0 Å². The highest BCUT2D eigenvalue weighted by atomic mass is 16.6. The van der Waals surface area contributed by atoms with Crippen LogP contribution in [0.3, 0.4) is 0 Å². The summed E-state index contributed by atoms with van der Waals surface area (Å²) in [7, 11) is 0. The fourth-order valence-corrected chi connectivity index (χ4v) is 2.15. The summed E-state index contributed by atoms with van der Waals surface area (Å²) in [5, 5.41) is 2.86. The Morgan fingerprint density at radius 1 is 1.25 bits per heavy atom. The number of rotatable bonds is 9. The van der Waals surface area contributed by atoms with Crippen molar-refractivity contribution in [2.24, 2.45) is 5.92 Å². The predicted octanol–water partition coefficient (Wildman–Crippen LogP) is 3.35. The van der Waals surface area contributed by atoms with Crippen LogP contribution in [-0.4, -0.2) is 30.7 Å². The monoisotopic (exact) mass is 333 g/mol. The second kappa shape index (κ2) is 9.88. The number of carbonyl (C=O) groups is 2. The van der Waals surface area contributed by atoms with Crippen molar-refractivity contribution in [1.82, 2.24) is 0 Å². The Morgan fingerprint density at radius 3 is 2.50 bits per heavy atom. The Morgan fingerprint density at radius 2 is 1.92 bits per heavy atom. The van der Waals surface area contributed by atoms with Gasteiger partial charge in [-0.3, -0.25) is 4.79 Å². The molecule has 5 nitrogen and oxygen atoms in total. The first-order chi connectivity index (χ1) is 11.4. The second-order valence-corrected chi connectivity index (χ2v) is 5.87. The number of hydrogen-bond donors (Lipinski definition) is 1. The molecule has 0 spiro atoms. The summed E-state index contributed by atoms with van der Waals surface area (Å²) >= 11 is 0. The van der Waals surface area contributed by atoms with Gasteiger partial charge >= 0.3 is 5.97 Å². The molecule has 0 saturated carbocycles. The third-order valence-corrected chi connectivity index (χ3v) is 3.56. The van der Waals surface area contributed by atoms with Crippen molar-refractivity contribution in [3.05, 3.63) is 42.5 Å². The quantitative estimate of drug-likeness (QED) is 0.556. The molecule has 132 valence electrons. The van der Waals surface area contributed by atoms with E-state index in [-0.39, 0.29) is 18.4 Å². The Labute approximate surface area is 144 Å². The van der Waals surface area contributed by atoms with Crippen LogP contribution in [0.2, 0.25) is 0 Å². The predicted molar refractivity (Wildman–Crippen MR) is 94.8 cm³/mol. The van der Waals surface area contributed by atoms with Gasteiger partial charge in [0.1, 0.15) is 0 Å². The maximum Gasteiger partial charge on any atom is 0.335 e. The van der Waals surface area contributed by atoms with E-state index in [9.17, 15) is 9.59 Å². The maximum atomic E-state index is 12.5. The molecule has 1 rings (SSSR count). The fraction of sp³-hybridized carbons (Fsp3) is 0.474. The van der Waals surface area contributed by atoms with E-state index >= 15 is 0 Å². The van der Waals surface area contributed by atoms with Crippen LogP contribution in [0.15, 0.2) is 36.9 Å². The Hall–Kier alpha value is -2.14. The van der Waals surface area contributed by atoms with E-state index in [0.29, 0.717) is 0 Å². The topological polar surface area (TPSA) is 64.6 Å². The van der Waals surface area contributed by atoms with E-state index in [2.05, 4.69) is 11.9 Å². The lowest BCUT2D eigenvalue weighted by molar-refractivity contribution is -0.166. The molecule has 5 heteroatoms. The van der Waals surface area contributed by atoms with E-state index in [0.717, 1.165) is 17.7 Å². The number of nitrogens with one attached hydrogen (secondary N) is 1. The first kappa shape index (κ1) is 19.9. The standard InChI is InChI=1S/C19H27NO4/c1-6-12-23-14(5)19(22)24-17(13(3)4)18(21)20-16-11-9-8-10-15(16)7-2/h6,8-11,13-14,17H,1,7,12H2,2-5H3,(H,20,21). The van der Waals surface area contributed by atoms with Crippen LogP contribution < -0.4 is 5.32 Å². The first-order valence-corrected chi connectivity index (χ1v) is 8.22. The van der Waals surface area contributed by atoms with Crippen molar-refractivity contribution in [3.63, 3.8) is 0 Å². The second-order valence-electron chi connectivity index (χ2n) is 5.87. The van der Waals surface area contributed by atoms with Crippen LogP contribution in [0.5, 0.6) is 0 Å². The molecule has 0 bridgehead atoms.